The Morgan fingerprint density at radius 2 is 2.00 bits per heavy atom. The second-order valence-corrected chi connectivity index (χ2v) is 6.74. The summed E-state index contributed by atoms with van der Waals surface area (Å²) in [7, 11) is 0. The van der Waals surface area contributed by atoms with Crippen LogP contribution < -0.4 is 5.32 Å². The molecule has 1 atom stereocenters. The number of halogens is 1. The molecule has 1 unspecified atom stereocenters. The molecule has 0 bridgehead atoms. The van der Waals surface area contributed by atoms with Gasteiger partial charge in [-0.3, -0.25) is 4.99 Å². The zero-order valence-electron chi connectivity index (χ0n) is 8.82. The summed E-state index contributed by atoms with van der Waals surface area (Å²) in [6.07, 6.45) is 2.81. The van der Waals surface area contributed by atoms with Crippen molar-refractivity contribution < 1.29 is 0 Å². The quantitative estimate of drug-likeness (QED) is 0.830. The standard InChI is InChI=1S/C12H13IN2S/c13-9-3-5-10(6-4-9)15-12-14-7-11(16-12)8-1-2-8/h3-6,8,11H,1-2,7H2,(H,14,15). The Bertz CT molecular complexity index is 412. The van der Waals surface area contributed by atoms with Gasteiger partial charge < -0.3 is 5.32 Å². The number of anilines is 1. The molecule has 2 nitrogen and oxygen atoms in total. The first-order valence-electron chi connectivity index (χ1n) is 5.55. The summed E-state index contributed by atoms with van der Waals surface area (Å²) in [6, 6.07) is 8.44. The van der Waals surface area contributed by atoms with E-state index in [0.29, 0.717) is 0 Å². The number of hydrogen-bond acceptors (Lipinski definition) is 3. The van der Waals surface area contributed by atoms with Gasteiger partial charge in [0, 0.05) is 14.5 Å². The molecule has 1 saturated carbocycles. The van der Waals surface area contributed by atoms with Gasteiger partial charge in [-0.15, -0.1) is 0 Å². The van der Waals surface area contributed by atoms with Crippen molar-refractivity contribution in [3.63, 3.8) is 0 Å². The van der Waals surface area contributed by atoms with Crippen LogP contribution in [0, 0.1) is 9.49 Å². The lowest BCUT2D eigenvalue weighted by molar-refractivity contribution is 0.773. The summed E-state index contributed by atoms with van der Waals surface area (Å²) in [4.78, 5) is 4.56. The molecule has 0 saturated heterocycles. The highest BCUT2D eigenvalue weighted by Crippen LogP contribution is 2.41. The molecule has 0 spiro atoms. The first-order chi connectivity index (χ1) is 7.81. The molecule has 1 N–H and O–H groups in total. The summed E-state index contributed by atoms with van der Waals surface area (Å²) in [5.41, 5.74) is 1.14. The van der Waals surface area contributed by atoms with Gasteiger partial charge in [-0.25, -0.2) is 0 Å². The highest BCUT2D eigenvalue weighted by Gasteiger charge is 2.35. The van der Waals surface area contributed by atoms with Crippen LogP contribution in [0.2, 0.25) is 0 Å². The van der Waals surface area contributed by atoms with Crippen molar-refractivity contribution in [2.45, 2.75) is 18.1 Å². The number of amidine groups is 1. The van der Waals surface area contributed by atoms with Crippen LogP contribution in [0.5, 0.6) is 0 Å². The molecular formula is C12H13IN2S. The Hall–Kier alpha value is -0.230. The third kappa shape index (κ3) is 2.53. The van der Waals surface area contributed by atoms with E-state index in [9.17, 15) is 0 Å². The van der Waals surface area contributed by atoms with Crippen LogP contribution in [0.4, 0.5) is 5.69 Å². The minimum Gasteiger partial charge on any atom is -0.335 e. The molecule has 4 heteroatoms. The van der Waals surface area contributed by atoms with Gasteiger partial charge in [-0.1, -0.05) is 11.8 Å². The van der Waals surface area contributed by atoms with E-state index < -0.39 is 0 Å². The number of hydrogen-bond donors (Lipinski definition) is 1. The fraction of sp³-hybridized carbons (Fsp3) is 0.417. The number of nitrogens with zero attached hydrogens (tertiary/aromatic N) is 1. The molecule has 1 aliphatic carbocycles. The van der Waals surface area contributed by atoms with Crippen LogP contribution >= 0.6 is 34.4 Å². The van der Waals surface area contributed by atoms with Crippen LogP contribution in [0.3, 0.4) is 0 Å². The van der Waals surface area contributed by atoms with E-state index in [1.54, 1.807) is 0 Å². The van der Waals surface area contributed by atoms with Gasteiger partial charge in [-0.2, -0.15) is 0 Å². The molecule has 0 amide bonds. The number of thioether (sulfide) groups is 1. The zero-order chi connectivity index (χ0) is 11.0. The SMILES string of the molecule is Ic1ccc(NC2=NCC(C3CC3)S2)cc1. The van der Waals surface area contributed by atoms with Crippen LogP contribution in [-0.4, -0.2) is 17.0 Å². The van der Waals surface area contributed by atoms with Crippen LogP contribution in [0.25, 0.3) is 0 Å². The maximum Gasteiger partial charge on any atom is 0.161 e. The number of nitrogens with one attached hydrogen (secondary N) is 1. The van der Waals surface area contributed by atoms with E-state index in [-0.39, 0.29) is 0 Å². The maximum atomic E-state index is 4.56. The predicted molar refractivity (Wildman–Crippen MR) is 79.2 cm³/mol. The molecule has 0 radical (unpaired) electrons. The Kier molecular flexibility index (Phi) is 3.11. The van der Waals surface area contributed by atoms with Crippen molar-refractivity contribution in [3.8, 4) is 0 Å². The van der Waals surface area contributed by atoms with Crippen molar-refractivity contribution in [2.75, 3.05) is 11.9 Å². The monoisotopic (exact) mass is 344 g/mol. The minimum absolute atomic E-state index is 0.742. The Morgan fingerprint density at radius 3 is 2.69 bits per heavy atom. The normalized spacial score (nSPS) is 24.3. The summed E-state index contributed by atoms with van der Waals surface area (Å²) >= 11 is 4.24. The van der Waals surface area contributed by atoms with Crippen molar-refractivity contribution in [3.05, 3.63) is 27.8 Å². The first kappa shape index (κ1) is 10.9. The molecule has 3 rings (SSSR count). The second-order valence-electron chi connectivity index (χ2n) is 4.27. The number of benzene rings is 1. The third-order valence-electron chi connectivity index (χ3n) is 2.92. The van der Waals surface area contributed by atoms with E-state index in [0.717, 1.165) is 28.6 Å². The van der Waals surface area contributed by atoms with Crippen LogP contribution in [0.15, 0.2) is 29.3 Å². The topological polar surface area (TPSA) is 24.4 Å². The number of aliphatic imine (C=N–C) groups is 1. The van der Waals surface area contributed by atoms with Crippen LogP contribution in [-0.2, 0) is 0 Å². The van der Waals surface area contributed by atoms with Crippen LogP contribution in [0.1, 0.15) is 12.8 Å². The van der Waals surface area contributed by atoms with Gasteiger partial charge in [0.2, 0.25) is 0 Å². The Morgan fingerprint density at radius 1 is 1.25 bits per heavy atom. The molecule has 1 heterocycles. The Labute approximate surface area is 113 Å². The third-order valence-corrected chi connectivity index (χ3v) is 4.93. The average Bonchev–Trinajstić information content (AvgIpc) is 3.04. The van der Waals surface area contributed by atoms with E-state index in [1.807, 2.05) is 11.8 Å². The zero-order valence-corrected chi connectivity index (χ0v) is 11.8. The van der Waals surface area contributed by atoms with Crippen molar-refractivity contribution in [1.82, 2.24) is 0 Å². The van der Waals surface area contributed by atoms with E-state index >= 15 is 0 Å². The molecule has 1 fully saturated rings. The molecule has 16 heavy (non-hydrogen) atoms. The first-order valence-corrected chi connectivity index (χ1v) is 7.51. The fourth-order valence-electron chi connectivity index (χ4n) is 1.83. The lowest BCUT2D eigenvalue weighted by atomic mass is 10.3. The lowest BCUT2D eigenvalue weighted by Gasteiger charge is -2.07. The fourth-order valence-corrected chi connectivity index (χ4v) is 3.42. The molecule has 84 valence electrons. The molecular weight excluding hydrogens is 331 g/mol. The van der Waals surface area contributed by atoms with Gasteiger partial charge in [-0.05, 0) is 65.6 Å². The van der Waals surface area contributed by atoms with E-state index in [2.05, 4.69) is 57.2 Å². The van der Waals surface area contributed by atoms with Gasteiger partial charge in [0.15, 0.2) is 5.17 Å². The summed E-state index contributed by atoms with van der Waals surface area (Å²) in [5.74, 6) is 0.935. The van der Waals surface area contributed by atoms with Gasteiger partial charge in [0.1, 0.15) is 0 Å². The summed E-state index contributed by atoms with van der Waals surface area (Å²) < 4.78 is 1.26. The largest absolute Gasteiger partial charge is 0.335 e. The lowest BCUT2D eigenvalue weighted by Crippen LogP contribution is -2.08. The number of rotatable bonds is 2. The van der Waals surface area contributed by atoms with E-state index in [4.69, 9.17) is 0 Å². The van der Waals surface area contributed by atoms with Crippen molar-refractivity contribution in [1.29, 1.82) is 0 Å². The predicted octanol–water partition coefficient (Wildman–Crippen LogP) is 3.58. The van der Waals surface area contributed by atoms with Gasteiger partial charge in [0.25, 0.3) is 0 Å². The molecule has 2 aliphatic rings. The Balaban J connectivity index is 1.60. The maximum absolute atomic E-state index is 4.56. The van der Waals surface area contributed by atoms with Gasteiger partial charge >= 0.3 is 0 Å². The van der Waals surface area contributed by atoms with E-state index in [1.165, 1.54) is 16.4 Å². The molecule has 0 aromatic heterocycles. The van der Waals surface area contributed by atoms with Crippen molar-refractivity contribution >= 4 is 45.2 Å². The minimum atomic E-state index is 0.742. The average molecular weight is 344 g/mol. The molecule has 1 aromatic rings. The summed E-state index contributed by atoms with van der Waals surface area (Å²) in [6.45, 7) is 1.00. The second kappa shape index (κ2) is 4.56. The highest BCUT2D eigenvalue weighted by atomic mass is 127. The smallest absolute Gasteiger partial charge is 0.161 e. The molecule has 1 aliphatic heterocycles. The van der Waals surface area contributed by atoms with Gasteiger partial charge in [0.05, 0.1) is 6.54 Å². The molecule has 1 aromatic carbocycles. The van der Waals surface area contributed by atoms with Crippen molar-refractivity contribution in [2.24, 2.45) is 10.9 Å². The summed E-state index contributed by atoms with van der Waals surface area (Å²) in [5, 5.41) is 5.23. The highest BCUT2D eigenvalue weighted by molar-refractivity contribution is 14.1.